The van der Waals surface area contributed by atoms with E-state index in [9.17, 15) is 0 Å². The number of halogens is 1. The van der Waals surface area contributed by atoms with Gasteiger partial charge in [0.1, 0.15) is 0 Å². The topological polar surface area (TPSA) is 61.8 Å². The van der Waals surface area contributed by atoms with E-state index in [-0.39, 0.29) is 5.84 Å². The number of nitrogens with two attached hydrogens (primary N) is 1. The summed E-state index contributed by atoms with van der Waals surface area (Å²) in [6, 6.07) is 6.05. The Morgan fingerprint density at radius 3 is 2.80 bits per heavy atom. The average molecular weight is 296 g/mol. The maximum Gasteiger partial charge on any atom is 0.170 e. The van der Waals surface area contributed by atoms with Gasteiger partial charge in [-0.2, -0.15) is 0 Å². The summed E-state index contributed by atoms with van der Waals surface area (Å²) in [6.45, 7) is 2.31. The van der Waals surface area contributed by atoms with Gasteiger partial charge in [-0.1, -0.05) is 36.5 Å². The van der Waals surface area contributed by atoms with Crippen LogP contribution in [0.2, 0.25) is 5.02 Å². The van der Waals surface area contributed by atoms with Crippen molar-refractivity contribution in [3.05, 3.63) is 28.8 Å². The van der Waals surface area contributed by atoms with Gasteiger partial charge in [0.2, 0.25) is 0 Å². The molecule has 1 aromatic carbocycles. The first kappa shape index (κ1) is 15.0. The number of nitrogens with zero attached hydrogens (tertiary/aromatic N) is 2. The summed E-state index contributed by atoms with van der Waals surface area (Å²) in [6.07, 6.45) is 5.00. The van der Waals surface area contributed by atoms with E-state index in [1.54, 1.807) is 6.07 Å². The maximum absolute atomic E-state index is 8.70. The monoisotopic (exact) mass is 295 g/mol. The number of rotatable bonds is 3. The minimum absolute atomic E-state index is 0.0763. The van der Waals surface area contributed by atoms with Crippen molar-refractivity contribution < 1.29 is 5.21 Å². The molecule has 2 atom stereocenters. The van der Waals surface area contributed by atoms with Crippen LogP contribution in [0, 0.1) is 5.92 Å². The van der Waals surface area contributed by atoms with Crippen LogP contribution in [0.4, 0.5) is 5.69 Å². The third kappa shape index (κ3) is 3.18. The largest absolute Gasteiger partial charge is 0.409 e. The molecular formula is C15H22ClN3O. The van der Waals surface area contributed by atoms with E-state index in [0.717, 1.165) is 11.6 Å². The third-order valence-electron chi connectivity index (χ3n) is 4.19. The minimum atomic E-state index is 0.0763. The number of hydrogen-bond donors (Lipinski definition) is 2. The first-order valence-electron chi connectivity index (χ1n) is 7.03. The lowest BCUT2D eigenvalue weighted by atomic mass is 9.86. The molecule has 1 fully saturated rings. The predicted octanol–water partition coefficient (Wildman–Crippen LogP) is 3.45. The summed E-state index contributed by atoms with van der Waals surface area (Å²) in [5.41, 5.74) is 7.21. The van der Waals surface area contributed by atoms with E-state index >= 15 is 0 Å². The molecule has 0 aliphatic heterocycles. The van der Waals surface area contributed by atoms with Crippen LogP contribution in [0.5, 0.6) is 0 Å². The summed E-state index contributed by atoms with van der Waals surface area (Å²) < 4.78 is 0. The highest BCUT2D eigenvalue weighted by Crippen LogP contribution is 2.33. The molecule has 1 aliphatic carbocycles. The molecule has 1 aromatic rings. The average Bonchev–Trinajstić information content (AvgIpc) is 2.45. The second-order valence-corrected chi connectivity index (χ2v) is 6.10. The Morgan fingerprint density at radius 2 is 2.20 bits per heavy atom. The van der Waals surface area contributed by atoms with Gasteiger partial charge in [0, 0.05) is 18.7 Å². The van der Waals surface area contributed by atoms with Crippen molar-refractivity contribution in [2.75, 3.05) is 11.9 Å². The number of oxime groups is 1. The Morgan fingerprint density at radius 1 is 1.45 bits per heavy atom. The van der Waals surface area contributed by atoms with Gasteiger partial charge in [-0.3, -0.25) is 0 Å². The quantitative estimate of drug-likeness (QED) is 0.388. The van der Waals surface area contributed by atoms with Crippen molar-refractivity contribution in [1.82, 2.24) is 0 Å². The highest BCUT2D eigenvalue weighted by atomic mass is 35.5. The molecule has 0 bridgehead atoms. The fourth-order valence-electron chi connectivity index (χ4n) is 2.96. The van der Waals surface area contributed by atoms with Crippen molar-refractivity contribution in [2.24, 2.45) is 16.8 Å². The highest BCUT2D eigenvalue weighted by molar-refractivity contribution is 6.33. The normalized spacial score (nSPS) is 23.6. The fraction of sp³-hybridized carbons (Fsp3) is 0.533. The molecule has 20 heavy (non-hydrogen) atoms. The summed E-state index contributed by atoms with van der Waals surface area (Å²) in [4.78, 5) is 2.26. The molecule has 1 saturated carbocycles. The zero-order valence-corrected chi connectivity index (χ0v) is 12.8. The summed E-state index contributed by atoms with van der Waals surface area (Å²) in [5.74, 6) is 0.846. The van der Waals surface area contributed by atoms with Crippen molar-refractivity contribution in [1.29, 1.82) is 0 Å². The lowest BCUT2D eigenvalue weighted by Crippen LogP contribution is -2.35. The smallest absolute Gasteiger partial charge is 0.170 e. The highest BCUT2D eigenvalue weighted by Gasteiger charge is 2.23. The van der Waals surface area contributed by atoms with Crippen LogP contribution in [0.15, 0.2) is 23.4 Å². The molecule has 0 heterocycles. The molecule has 5 heteroatoms. The number of hydrogen-bond acceptors (Lipinski definition) is 3. The van der Waals surface area contributed by atoms with E-state index in [2.05, 4.69) is 24.0 Å². The van der Waals surface area contributed by atoms with Crippen molar-refractivity contribution in [3.8, 4) is 0 Å². The van der Waals surface area contributed by atoms with E-state index in [4.69, 9.17) is 22.5 Å². The molecule has 0 radical (unpaired) electrons. The lowest BCUT2D eigenvalue weighted by molar-refractivity contribution is 0.318. The zero-order valence-electron chi connectivity index (χ0n) is 12.0. The fourth-order valence-corrected chi connectivity index (χ4v) is 3.27. The SMILES string of the molecule is CC1CCCC(N(C)c2ccc(C(N)=NO)cc2Cl)C1. The Balaban J connectivity index is 2.20. The van der Waals surface area contributed by atoms with Crippen LogP contribution in [-0.2, 0) is 0 Å². The van der Waals surface area contributed by atoms with E-state index < -0.39 is 0 Å². The number of amidine groups is 1. The molecule has 0 spiro atoms. The number of anilines is 1. The first-order chi connectivity index (χ1) is 9.52. The van der Waals surface area contributed by atoms with Gasteiger partial charge in [-0.15, -0.1) is 0 Å². The van der Waals surface area contributed by atoms with E-state index in [1.807, 2.05) is 12.1 Å². The zero-order chi connectivity index (χ0) is 14.7. The molecule has 3 N–H and O–H groups in total. The van der Waals surface area contributed by atoms with E-state index in [0.29, 0.717) is 16.6 Å². The van der Waals surface area contributed by atoms with Crippen LogP contribution >= 0.6 is 11.6 Å². The van der Waals surface area contributed by atoms with Crippen molar-refractivity contribution in [2.45, 2.75) is 38.6 Å². The summed E-state index contributed by atoms with van der Waals surface area (Å²) >= 11 is 6.35. The van der Waals surface area contributed by atoms with Crippen molar-refractivity contribution >= 4 is 23.1 Å². The van der Waals surface area contributed by atoms with Gasteiger partial charge in [0.05, 0.1) is 10.7 Å². The van der Waals surface area contributed by atoms with Crippen LogP contribution < -0.4 is 10.6 Å². The molecule has 2 unspecified atom stereocenters. The number of benzene rings is 1. The molecule has 4 nitrogen and oxygen atoms in total. The standard InChI is InChI=1S/C15H22ClN3O/c1-10-4-3-5-12(8-10)19(2)14-7-6-11(9-13(14)16)15(17)18-20/h6-7,9-10,12,20H,3-5,8H2,1-2H3,(H2,17,18). The minimum Gasteiger partial charge on any atom is -0.409 e. The molecule has 110 valence electrons. The Kier molecular flexibility index (Phi) is 4.76. The maximum atomic E-state index is 8.70. The van der Waals surface area contributed by atoms with Crippen LogP contribution in [0.25, 0.3) is 0 Å². The van der Waals surface area contributed by atoms with Gasteiger partial charge >= 0.3 is 0 Å². The van der Waals surface area contributed by atoms with Crippen LogP contribution in [-0.4, -0.2) is 24.1 Å². The van der Waals surface area contributed by atoms with Crippen molar-refractivity contribution in [3.63, 3.8) is 0 Å². The van der Waals surface area contributed by atoms with E-state index in [1.165, 1.54) is 25.7 Å². The molecule has 0 saturated heterocycles. The van der Waals surface area contributed by atoms with Gasteiger partial charge in [0.15, 0.2) is 5.84 Å². The second-order valence-electron chi connectivity index (χ2n) is 5.69. The van der Waals surface area contributed by atoms with Gasteiger partial charge < -0.3 is 15.8 Å². The first-order valence-corrected chi connectivity index (χ1v) is 7.41. The summed E-state index contributed by atoms with van der Waals surface area (Å²) in [5, 5.41) is 12.3. The summed E-state index contributed by atoms with van der Waals surface area (Å²) in [7, 11) is 2.09. The van der Waals surface area contributed by atoms with Gasteiger partial charge in [0.25, 0.3) is 0 Å². The Hall–Kier alpha value is -1.42. The third-order valence-corrected chi connectivity index (χ3v) is 4.49. The molecule has 0 amide bonds. The molecular weight excluding hydrogens is 274 g/mol. The van der Waals surface area contributed by atoms with Gasteiger partial charge in [-0.25, -0.2) is 0 Å². The Labute approximate surface area is 125 Å². The molecule has 1 aliphatic rings. The van der Waals surface area contributed by atoms with Crippen LogP contribution in [0.1, 0.15) is 38.2 Å². The predicted molar refractivity (Wildman–Crippen MR) is 83.8 cm³/mol. The molecule has 0 aromatic heterocycles. The lowest BCUT2D eigenvalue weighted by Gasteiger charge is -2.36. The van der Waals surface area contributed by atoms with Gasteiger partial charge in [-0.05, 0) is 37.0 Å². The second kappa shape index (κ2) is 6.35. The Bertz CT molecular complexity index is 504. The van der Waals surface area contributed by atoms with Crippen LogP contribution in [0.3, 0.4) is 0 Å². The molecule has 2 rings (SSSR count).